The predicted octanol–water partition coefficient (Wildman–Crippen LogP) is 2.64. The molecular weight excluding hydrogens is 384 g/mol. The van der Waals surface area contributed by atoms with E-state index in [2.05, 4.69) is 5.32 Å². The van der Waals surface area contributed by atoms with E-state index in [0.717, 1.165) is 0 Å². The van der Waals surface area contributed by atoms with E-state index >= 15 is 0 Å². The second kappa shape index (κ2) is 8.65. The van der Waals surface area contributed by atoms with Crippen molar-refractivity contribution in [2.75, 3.05) is 20.2 Å². The maximum Gasteiger partial charge on any atom is 0.267 e. The molecule has 0 unspecified atom stereocenters. The number of para-hydroxylation sites is 2. The highest BCUT2D eigenvalue weighted by atomic mass is 16.6. The Bertz CT molecular complexity index is 923. The lowest BCUT2D eigenvalue weighted by atomic mass is 10.0. The van der Waals surface area contributed by atoms with E-state index in [-0.39, 0.29) is 24.0 Å². The molecule has 2 aliphatic heterocycles. The van der Waals surface area contributed by atoms with Crippen LogP contribution >= 0.6 is 0 Å². The average molecular weight is 410 g/mol. The fraction of sp³-hybridized carbons (Fsp3) is 0.391. The van der Waals surface area contributed by atoms with E-state index in [9.17, 15) is 9.59 Å². The fourth-order valence-corrected chi connectivity index (χ4v) is 3.85. The van der Waals surface area contributed by atoms with Crippen molar-refractivity contribution in [2.24, 2.45) is 0 Å². The standard InChI is InChI=1S/C23H26N2O5/c1-15-21(30-20-9-4-3-8-19(20)29-15)23(27)25-12-10-17(11-13-25)24-22(26)16-6-5-7-18(14-16)28-2/h3-9,14-15,17,21H,10-13H2,1-2H3,(H,24,26)/t15-,21+/m1/s1. The van der Waals surface area contributed by atoms with Crippen molar-refractivity contribution < 1.29 is 23.8 Å². The van der Waals surface area contributed by atoms with Crippen LogP contribution in [0.25, 0.3) is 0 Å². The third kappa shape index (κ3) is 4.20. The number of likely N-dealkylation sites (tertiary alicyclic amines) is 1. The van der Waals surface area contributed by atoms with Gasteiger partial charge in [-0.1, -0.05) is 18.2 Å². The van der Waals surface area contributed by atoms with Gasteiger partial charge in [0, 0.05) is 24.7 Å². The van der Waals surface area contributed by atoms with Gasteiger partial charge in [-0.25, -0.2) is 0 Å². The molecule has 2 atom stereocenters. The summed E-state index contributed by atoms with van der Waals surface area (Å²) < 4.78 is 17.0. The highest BCUT2D eigenvalue weighted by molar-refractivity contribution is 5.94. The minimum atomic E-state index is -0.664. The maximum atomic E-state index is 13.0. The first-order valence-electron chi connectivity index (χ1n) is 10.2. The van der Waals surface area contributed by atoms with E-state index in [4.69, 9.17) is 14.2 Å². The van der Waals surface area contributed by atoms with Gasteiger partial charge in [-0.05, 0) is 50.1 Å². The molecule has 1 saturated heterocycles. The van der Waals surface area contributed by atoms with Gasteiger partial charge in [-0.2, -0.15) is 0 Å². The van der Waals surface area contributed by atoms with Gasteiger partial charge in [-0.15, -0.1) is 0 Å². The van der Waals surface area contributed by atoms with Gasteiger partial charge in [0.2, 0.25) is 6.10 Å². The second-order valence-corrected chi connectivity index (χ2v) is 7.61. The SMILES string of the molecule is COc1cccc(C(=O)NC2CCN(C(=O)[C@H]3Oc4ccccc4O[C@@H]3C)CC2)c1. The molecule has 7 heteroatoms. The smallest absolute Gasteiger partial charge is 0.267 e. The number of nitrogens with zero attached hydrogens (tertiary/aromatic N) is 1. The van der Waals surface area contributed by atoms with Crippen LogP contribution in [0.1, 0.15) is 30.1 Å². The Morgan fingerprint density at radius 2 is 1.73 bits per heavy atom. The number of ether oxygens (including phenoxy) is 3. The van der Waals surface area contributed by atoms with Crippen molar-refractivity contribution >= 4 is 11.8 Å². The lowest BCUT2D eigenvalue weighted by molar-refractivity contribution is -0.145. The van der Waals surface area contributed by atoms with Crippen LogP contribution in [-0.2, 0) is 4.79 Å². The number of fused-ring (bicyclic) bond motifs is 1. The van der Waals surface area contributed by atoms with Gasteiger partial charge < -0.3 is 24.4 Å². The molecule has 7 nitrogen and oxygen atoms in total. The van der Waals surface area contributed by atoms with E-state index < -0.39 is 6.10 Å². The van der Waals surface area contributed by atoms with Crippen LogP contribution in [0.2, 0.25) is 0 Å². The van der Waals surface area contributed by atoms with Crippen molar-refractivity contribution in [1.82, 2.24) is 10.2 Å². The summed E-state index contributed by atoms with van der Waals surface area (Å²) in [6.07, 6.45) is 0.362. The topological polar surface area (TPSA) is 77.1 Å². The number of benzene rings is 2. The quantitative estimate of drug-likeness (QED) is 0.839. The zero-order valence-electron chi connectivity index (χ0n) is 17.2. The minimum Gasteiger partial charge on any atom is -0.497 e. The molecule has 1 fully saturated rings. The van der Waals surface area contributed by atoms with Crippen molar-refractivity contribution in [3.63, 3.8) is 0 Å². The summed E-state index contributed by atoms with van der Waals surface area (Å²) in [6, 6.07) is 14.5. The van der Waals surface area contributed by atoms with Crippen molar-refractivity contribution in [3.05, 3.63) is 54.1 Å². The Balaban J connectivity index is 1.32. The van der Waals surface area contributed by atoms with Gasteiger partial charge in [0.1, 0.15) is 11.9 Å². The molecule has 2 aliphatic rings. The summed E-state index contributed by atoms with van der Waals surface area (Å²) in [6.45, 7) is 2.98. The highest BCUT2D eigenvalue weighted by Crippen LogP contribution is 2.34. The van der Waals surface area contributed by atoms with Gasteiger partial charge in [0.25, 0.3) is 11.8 Å². The number of amides is 2. The van der Waals surface area contributed by atoms with Gasteiger partial charge in [-0.3, -0.25) is 9.59 Å². The lowest BCUT2D eigenvalue weighted by Gasteiger charge is -2.37. The molecule has 0 aromatic heterocycles. The third-order valence-corrected chi connectivity index (χ3v) is 5.56. The van der Waals surface area contributed by atoms with Crippen LogP contribution in [0, 0.1) is 0 Å². The summed E-state index contributed by atoms with van der Waals surface area (Å²) in [4.78, 5) is 27.3. The molecule has 2 aromatic carbocycles. The second-order valence-electron chi connectivity index (χ2n) is 7.61. The number of hydrogen-bond acceptors (Lipinski definition) is 5. The first-order valence-corrected chi connectivity index (χ1v) is 10.2. The van der Waals surface area contributed by atoms with E-state index in [1.807, 2.05) is 31.2 Å². The Morgan fingerprint density at radius 1 is 1.03 bits per heavy atom. The Labute approximate surface area is 175 Å². The molecule has 0 spiro atoms. The summed E-state index contributed by atoms with van der Waals surface area (Å²) >= 11 is 0. The normalized spacial score (nSPS) is 21.1. The molecule has 30 heavy (non-hydrogen) atoms. The van der Waals surface area contributed by atoms with Crippen LogP contribution in [0.3, 0.4) is 0 Å². The fourth-order valence-electron chi connectivity index (χ4n) is 3.85. The number of rotatable bonds is 4. The number of carbonyl (C=O) groups excluding carboxylic acids is 2. The van der Waals surface area contributed by atoms with E-state index in [1.165, 1.54) is 0 Å². The molecule has 0 bridgehead atoms. The number of carbonyl (C=O) groups is 2. The molecule has 4 rings (SSSR count). The molecule has 0 saturated carbocycles. The molecule has 1 N–H and O–H groups in total. The third-order valence-electron chi connectivity index (χ3n) is 5.56. The average Bonchev–Trinajstić information content (AvgIpc) is 2.78. The summed E-state index contributed by atoms with van der Waals surface area (Å²) in [5, 5.41) is 3.06. The molecule has 0 aliphatic carbocycles. The van der Waals surface area contributed by atoms with Crippen molar-refractivity contribution in [1.29, 1.82) is 0 Å². The number of hydrogen-bond donors (Lipinski definition) is 1. The molecular formula is C23H26N2O5. The lowest BCUT2D eigenvalue weighted by Crippen LogP contribution is -2.54. The van der Waals surface area contributed by atoms with Crippen LogP contribution < -0.4 is 19.5 Å². The summed E-state index contributed by atoms with van der Waals surface area (Å²) in [7, 11) is 1.57. The number of methoxy groups -OCH3 is 1. The van der Waals surface area contributed by atoms with Gasteiger partial charge in [0.05, 0.1) is 7.11 Å². The first-order chi connectivity index (χ1) is 14.5. The first kappa shape index (κ1) is 20.1. The van der Waals surface area contributed by atoms with Crippen LogP contribution in [0.15, 0.2) is 48.5 Å². The van der Waals surface area contributed by atoms with Crippen LogP contribution in [0.4, 0.5) is 0 Å². The van der Waals surface area contributed by atoms with Gasteiger partial charge in [0.15, 0.2) is 11.5 Å². The summed E-state index contributed by atoms with van der Waals surface area (Å²) in [5.74, 6) is 1.69. The largest absolute Gasteiger partial charge is 0.497 e. The Morgan fingerprint density at radius 3 is 2.43 bits per heavy atom. The maximum absolute atomic E-state index is 13.0. The van der Waals surface area contributed by atoms with Crippen LogP contribution in [0.5, 0.6) is 17.2 Å². The monoisotopic (exact) mass is 410 g/mol. The highest BCUT2D eigenvalue weighted by Gasteiger charge is 2.38. The van der Waals surface area contributed by atoms with Crippen molar-refractivity contribution in [2.45, 2.75) is 38.0 Å². The predicted molar refractivity (Wildman–Crippen MR) is 111 cm³/mol. The Kier molecular flexibility index (Phi) is 5.79. The Hall–Kier alpha value is -3.22. The van der Waals surface area contributed by atoms with Crippen LogP contribution in [-0.4, -0.2) is 55.2 Å². The molecule has 2 amide bonds. The van der Waals surface area contributed by atoms with E-state index in [1.54, 1.807) is 36.3 Å². The summed E-state index contributed by atoms with van der Waals surface area (Å²) in [5.41, 5.74) is 0.563. The van der Waals surface area contributed by atoms with Gasteiger partial charge >= 0.3 is 0 Å². The molecule has 158 valence electrons. The molecule has 2 heterocycles. The number of nitrogens with one attached hydrogen (secondary N) is 1. The minimum absolute atomic E-state index is 0.0226. The zero-order chi connectivity index (χ0) is 21.1. The molecule has 0 radical (unpaired) electrons. The number of piperidine rings is 1. The van der Waals surface area contributed by atoms with E-state index in [0.29, 0.717) is 48.7 Å². The zero-order valence-corrected chi connectivity index (χ0v) is 17.2. The van der Waals surface area contributed by atoms with Crippen molar-refractivity contribution in [3.8, 4) is 17.2 Å². The molecule has 2 aromatic rings.